The molecule has 0 radical (unpaired) electrons. The third-order valence-corrected chi connectivity index (χ3v) is 2.91. The predicted octanol–water partition coefficient (Wildman–Crippen LogP) is 1.27. The highest BCUT2D eigenvalue weighted by molar-refractivity contribution is 5.80. The van der Waals surface area contributed by atoms with Gasteiger partial charge in [-0.2, -0.15) is 15.8 Å². The Labute approximate surface area is 125 Å². The number of nitrogens with zero attached hydrogens (tertiary/aromatic N) is 3. The van der Waals surface area contributed by atoms with Crippen LogP contribution in [0.4, 0.5) is 5.82 Å². The lowest BCUT2D eigenvalue weighted by atomic mass is 9.97. The van der Waals surface area contributed by atoms with Crippen molar-refractivity contribution in [3.63, 3.8) is 0 Å². The number of nitrogens with one attached hydrogen (secondary N) is 1. The number of anilines is 1. The summed E-state index contributed by atoms with van der Waals surface area (Å²) in [5, 5.41) is 26.8. The number of rotatable bonds is 3. The summed E-state index contributed by atoms with van der Waals surface area (Å²) in [6, 6.07) is 11.8. The van der Waals surface area contributed by atoms with E-state index >= 15 is 0 Å². The van der Waals surface area contributed by atoms with Gasteiger partial charge in [0.15, 0.2) is 6.61 Å². The summed E-state index contributed by atoms with van der Waals surface area (Å²) < 4.78 is 5.12. The van der Waals surface area contributed by atoms with Gasteiger partial charge in [-0.15, -0.1) is 0 Å². The Morgan fingerprint density at radius 1 is 1.09 bits per heavy atom. The van der Waals surface area contributed by atoms with Gasteiger partial charge < -0.3 is 15.5 Å². The van der Waals surface area contributed by atoms with Crippen molar-refractivity contribution in [2.24, 2.45) is 0 Å². The highest BCUT2D eigenvalue weighted by Gasteiger charge is 2.17. The molecule has 0 saturated carbocycles. The smallest absolute Gasteiger partial charge is 0.268 e. The third-order valence-electron chi connectivity index (χ3n) is 2.91. The summed E-state index contributed by atoms with van der Waals surface area (Å²) in [7, 11) is 0. The van der Waals surface area contributed by atoms with E-state index in [1.807, 2.05) is 12.1 Å². The van der Waals surface area contributed by atoms with Crippen molar-refractivity contribution in [3.05, 3.63) is 45.7 Å². The number of benzene rings is 1. The van der Waals surface area contributed by atoms with Crippen LogP contribution in [0.5, 0.6) is 5.75 Å². The van der Waals surface area contributed by atoms with E-state index in [1.165, 1.54) is 0 Å². The SMILES string of the molecule is N#CCOc1ccc(-c2c(C#N)c(N)[nH]c(=O)c2C#N)cc1. The number of nitriles is 3. The van der Waals surface area contributed by atoms with Crippen molar-refractivity contribution in [1.29, 1.82) is 15.8 Å². The Morgan fingerprint density at radius 2 is 1.73 bits per heavy atom. The summed E-state index contributed by atoms with van der Waals surface area (Å²) in [5.74, 6) is 0.367. The molecule has 1 aromatic heterocycles. The van der Waals surface area contributed by atoms with Gasteiger partial charge >= 0.3 is 0 Å². The van der Waals surface area contributed by atoms with Gasteiger partial charge in [0, 0.05) is 5.56 Å². The van der Waals surface area contributed by atoms with Crippen LogP contribution in [0.3, 0.4) is 0 Å². The van der Waals surface area contributed by atoms with Crippen molar-refractivity contribution < 1.29 is 4.74 Å². The van der Waals surface area contributed by atoms with E-state index in [9.17, 15) is 10.1 Å². The molecular weight excluding hydrogens is 282 g/mol. The molecular formula is C15H9N5O2. The van der Waals surface area contributed by atoms with Crippen LogP contribution in [0.1, 0.15) is 11.1 Å². The molecule has 7 nitrogen and oxygen atoms in total. The van der Waals surface area contributed by atoms with Gasteiger partial charge in [0.05, 0.1) is 0 Å². The molecule has 0 aliphatic carbocycles. The molecule has 0 aliphatic rings. The number of pyridine rings is 1. The van der Waals surface area contributed by atoms with Crippen LogP contribution in [0.2, 0.25) is 0 Å². The summed E-state index contributed by atoms with van der Waals surface area (Å²) in [6.45, 7) is -0.0931. The van der Waals surface area contributed by atoms with Crippen molar-refractivity contribution in [1.82, 2.24) is 4.98 Å². The summed E-state index contributed by atoms with van der Waals surface area (Å²) >= 11 is 0. The molecule has 0 aliphatic heterocycles. The van der Waals surface area contributed by atoms with Gasteiger partial charge in [0.1, 0.15) is 40.9 Å². The average molecular weight is 291 g/mol. The molecule has 7 heteroatoms. The molecule has 1 aromatic carbocycles. The highest BCUT2D eigenvalue weighted by atomic mass is 16.5. The van der Waals surface area contributed by atoms with Crippen LogP contribution in [0.15, 0.2) is 29.1 Å². The Balaban J connectivity index is 2.63. The van der Waals surface area contributed by atoms with Gasteiger partial charge in [-0.05, 0) is 17.7 Å². The number of hydrogen-bond acceptors (Lipinski definition) is 6. The maximum atomic E-state index is 11.8. The van der Waals surface area contributed by atoms with E-state index in [0.717, 1.165) is 0 Å². The first kappa shape index (κ1) is 14.6. The van der Waals surface area contributed by atoms with Gasteiger partial charge in [-0.25, -0.2) is 0 Å². The van der Waals surface area contributed by atoms with Gasteiger partial charge in [-0.3, -0.25) is 4.79 Å². The molecule has 1 heterocycles. The third kappa shape index (κ3) is 2.58. The molecule has 2 aromatic rings. The largest absolute Gasteiger partial charge is 0.479 e. The van der Waals surface area contributed by atoms with Crippen LogP contribution in [0, 0.1) is 34.0 Å². The Hall–Kier alpha value is -3.76. The standard InChI is InChI=1S/C15H9N5O2/c16-5-6-22-10-3-1-9(2-4-10)13-11(7-17)14(19)20-15(21)12(13)8-18/h1-4H,6H2,(H3,19,20,21). The number of aromatic nitrogens is 1. The zero-order valence-corrected chi connectivity index (χ0v) is 11.3. The van der Waals surface area contributed by atoms with Gasteiger partial charge in [0.25, 0.3) is 5.56 Å². The van der Waals surface area contributed by atoms with Crippen LogP contribution in [-0.2, 0) is 0 Å². The minimum absolute atomic E-state index is 0.0295. The van der Waals surface area contributed by atoms with Crippen LogP contribution in [0.25, 0.3) is 11.1 Å². The molecule has 2 rings (SSSR count). The van der Waals surface area contributed by atoms with Gasteiger partial charge in [0.2, 0.25) is 0 Å². The number of nitrogen functional groups attached to an aromatic ring is 1. The number of ether oxygens (including phenoxy) is 1. The molecule has 0 unspecified atom stereocenters. The maximum absolute atomic E-state index is 11.8. The normalized spacial score (nSPS) is 9.32. The molecule has 0 saturated heterocycles. The maximum Gasteiger partial charge on any atom is 0.268 e. The Morgan fingerprint density at radius 3 is 2.27 bits per heavy atom. The summed E-state index contributed by atoms with van der Waals surface area (Å²) in [4.78, 5) is 14.1. The molecule has 22 heavy (non-hydrogen) atoms. The van der Waals surface area contributed by atoms with Crippen LogP contribution < -0.4 is 16.0 Å². The quantitative estimate of drug-likeness (QED) is 0.872. The van der Waals surface area contributed by atoms with E-state index in [1.54, 1.807) is 30.3 Å². The first-order chi connectivity index (χ1) is 10.6. The molecule has 0 amide bonds. The lowest BCUT2D eigenvalue weighted by Gasteiger charge is -2.09. The monoisotopic (exact) mass is 291 g/mol. The van der Waals surface area contributed by atoms with Crippen molar-refractivity contribution in [3.8, 4) is 35.1 Å². The molecule has 0 atom stereocenters. The second-order valence-electron chi connectivity index (χ2n) is 4.19. The first-order valence-electron chi connectivity index (χ1n) is 6.08. The van der Waals surface area contributed by atoms with Crippen LogP contribution >= 0.6 is 0 Å². The average Bonchev–Trinajstić information content (AvgIpc) is 2.53. The topological polar surface area (TPSA) is 139 Å². The van der Waals surface area contributed by atoms with Crippen molar-refractivity contribution >= 4 is 5.82 Å². The fourth-order valence-electron chi connectivity index (χ4n) is 1.97. The minimum atomic E-state index is -0.654. The first-order valence-corrected chi connectivity index (χ1v) is 6.08. The van der Waals surface area contributed by atoms with E-state index in [4.69, 9.17) is 21.0 Å². The Kier molecular flexibility index (Phi) is 4.08. The number of aromatic amines is 1. The molecule has 0 bridgehead atoms. The number of nitrogens with two attached hydrogens (primary N) is 1. The van der Waals surface area contributed by atoms with Crippen LogP contribution in [-0.4, -0.2) is 11.6 Å². The second-order valence-corrected chi connectivity index (χ2v) is 4.19. The van der Waals surface area contributed by atoms with Gasteiger partial charge in [-0.1, -0.05) is 12.1 Å². The summed E-state index contributed by atoms with van der Waals surface area (Å²) in [6.07, 6.45) is 0. The molecule has 0 spiro atoms. The lowest BCUT2D eigenvalue weighted by molar-refractivity contribution is 0.368. The fraction of sp³-hybridized carbons (Fsp3) is 0.0667. The van der Waals surface area contributed by atoms with E-state index in [-0.39, 0.29) is 29.1 Å². The zero-order valence-electron chi connectivity index (χ0n) is 11.3. The fourth-order valence-corrected chi connectivity index (χ4v) is 1.97. The Bertz CT molecular complexity index is 892. The van der Waals surface area contributed by atoms with E-state index in [0.29, 0.717) is 11.3 Å². The predicted molar refractivity (Wildman–Crippen MR) is 77.4 cm³/mol. The molecule has 3 N–H and O–H groups in total. The molecule has 0 fully saturated rings. The van der Waals surface area contributed by atoms with E-state index < -0.39 is 5.56 Å². The molecule has 106 valence electrons. The number of H-pyrrole nitrogens is 1. The second kappa shape index (κ2) is 6.13. The number of hydrogen-bond donors (Lipinski definition) is 2. The van der Waals surface area contributed by atoms with E-state index in [2.05, 4.69) is 4.98 Å². The lowest BCUT2D eigenvalue weighted by Crippen LogP contribution is -2.16. The minimum Gasteiger partial charge on any atom is -0.479 e. The zero-order chi connectivity index (χ0) is 16.1. The van der Waals surface area contributed by atoms with Crippen molar-refractivity contribution in [2.45, 2.75) is 0 Å². The highest BCUT2D eigenvalue weighted by Crippen LogP contribution is 2.29. The summed E-state index contributed by atoms with van der Waals surface area (Å²) in [5.41, 5.74) is 5.49. The van der Waals surface area contributed by atoms with Crippen molar-refractivity contribution in [2.75, 3.05) is 12.3 Å².